The van der Waals surface area contributed by atoms with Gasteiger partial charge in [0.15, 0.2) is 5.78 Å². The largest absolute Gasteiger partial charge is 0.490 e. The minimum Gasteiger partial charge on any atom is -0.490 e. The smallest absolute Gasteiger partial charge is 0.407 e. The fraction of sp³-hybridized carbons (Fsp3) is 0.400. The standard InChI is InChI=1S/C30H35N3O5/c1-19(34)26-15-16-27(33-32-26)37-23-13-9-21(10-14-23)30(5,6)20-7-11-22(12-8-20)36-24-17-25(18-24)38-28(35)31-29(2,3)4/h7-16,24-25H,17-18H2,1-6H3,(H,31,35). The van der Waals surface area contributed by atoms with E-state index in [-0.39, 0.29) is 35.0 Å². The van der Waals surface area contributed by atoms with E-state index < -0.39 is 0 Å². The monoisotopic (exact) mass is 517 g/mol. The average molecular weight is 518 g/mol. The maximum atomic E-state index is 11.9. The van der Waals surface area contributed by atoms with Gasteiger partial charge in [-0.1, -0.05) is 38.1 Å². The molecule has 1 aliphatic carbocycles. The van der Waals surface area contributed by atoms with Crippen molar-refractivity contribution < 1.29 is 23.8 Å². The summed E-state index contributed by atoms with van der Waals surface area (Å²) in [5.41, 5.74) is 2.02. The Balaban J connectivity index is 1.30. The van der Waals surface area contributed by atoms with Gasteiger partial charge in [-0.25, -0.2) is 4.79 Å². The van der Waals surface area contributed by atoms with Gasteiger partial charge in [0.1, 0.15) is 29.4 Å². The number of hydrogen-bond donors (Lipinski definition) is 1. The normalized spacial score (nSPS) is 17.2. The van der Waals surface area contributed by atoms with E-state index in [2.05, 4.69) is 41.5 Å². The second-order valence-corrected chi connectivity index (χ2v) is 11.2. The molecule has 1 heterocycles. The number of Topliss-reactive ketones (excluding diaryl/α,β-unsaturated/α-hetero) is 1. The van der Waals surface area contributed by atoms with Crippen LogP contribution < -0.4 is 14.8 Å². The molecule has 1 aliphatic rings. The number of ether oxygens (including phenoxy) is 3. The zero-order valence-electron chi connectivity index (χ0n) is 22.8. The van der Waals surface area contributed by atoms with Crippen LogP contribution in [-0.2, 0) is 10.2 Å². The Labute approximate surface area is 223 Å². The maximum Gasteiger partial charge on any atom is 0.407 e. The van der Waals surface area contributed by atoms with Gasteiger partial charge < -0.3 is 19.5 Å². The molecule has 1 aromatic heterocycles. The number of aromatic nitrogens is 2. The Hall–Kier alpha value is -3.94. The molecule has 1 amide bonds. The van der Waals surface area contributed by atoms with Crippen molar-refractivity contribution in [2.24, 2.45) is 0 Å². The molecule has 0 bridgehead atoms. The summed E-state index contributed by atoms with van der Waals surface area (Å²) >= 11 is 0. The first kappa shape index (κ1) is 27.1. The van der Waals surface area contributed by atoms with Crippen LogP contribution in [0, 0.1) is 0 Å². The molecule has 38 heavy (non-hydrogen) atoms. The minimum atomic E-state index is -0.385. The van der Waals surface area contributed by atoms with Gasteiger partial charge in [0, 0.05) is 36.8 Å². The fourth-order valence-electron chi connectivity index (χ4n) is 4.13. The molecular weight excluding hydrogens is 482 g/mol. The molecular formula is C30H35N3O5. The first-order valence-corrected chi connectivity index (χ1v) is 12.8. The highest BCUT2D eigenvalue weighted by molar-refractivity contribution is 5.91. The van der Waals surface area contributed by atoms with Crippen LogP contribution in [0.25, 0.3) is 0 Å². The van der Waals surface area contributed by atoms with Crippen LogP contribution in [0.15, 0.2) is 60.7 Å². The third-order valence-electron chi connectivity index (χ3n) is 6.48. The summed E-state index contributed by atoms with van der Waals surface area (Å²) in [6.45, 7) is 11.5. The highest BCUT2D eigenvalue weighted by atomic mass is 16.6. The molecule has 0 radical (unpaired) electrons. The molecule has 0 atom stereocenters. The summed E-state index contributed by atoms with van der Waals surface area (Å²) in [5, 5.41) is 10.6. The lowest BCUT2D eigenvalue weighted by molar-refractivity contribution is -0.0243. The molecule has 1 saturated carbocycles. The Morgan fingerprint density at radius 2 is 1.37 bits per heavy atom. The van der Waals surface area contributed by atoms with Crippen LogP contribution in [0.1, 0.15) is 76.0 Å². The molecule has 0 unspecified atom stereocenters. The number of rotatable bonds is 8. The molecule has 0 spiro atoms. The molecule has 8 heteroatoms. The number of amides is 1. The number of ketones is 1. The van der Waals surface area contributed by atoms with Crippen LogP contribution in [0.3, 0.4) is 0 Å². The number of nitrogens with one attached hydrogen (secondary N) is 1. The summed E-state index contributed by atoms with van der Waals surface area (Å²) in [6.07, 6.45) is 0.915. The zero-order valence-corrected chi connectivity index (χ0v) is 22.8. The third-order valence-corrected chi connectivity index (χ3v) is 6.48. The second kappa shape index (κ2) is 10.8. The van der Waals surface area contributed by atoms with Crippen LogP contribution in [0.5, 0.6) is 17.4 Å². The van der Waals surface area contributed by atoms with Gasteiger partial charge in [-0.15, -0.1) is 10.2 Å². The van der Waals surface area contributed by atoms with E-state index in [1.165, 1.54) is 6.92 Å². The van der Waals surface area contributed by atoms with E-state index in [0.717, 1.165) is 16.9 Å². The van der Waals surface area contributed by atoms with Crippen molar-refractivity contribution in [3.05, 3.63) is 77.5 Å². The first-order chi connectivity index (χ1) is 17.9. The van der Waals surface area contributed by atoms with Gasteiger partial charge in [-0.3, -0.25) is 4.79 Å². The Kier molecular flexibility index (Phi) is 7.71. The summed E-state index contributed by atoms with van der Waals surface area (Å²) in [5.74, 6) is 1.62. The molecule has 3 aromatic rings. The van der Waals surface area contributed by atoms with Gasteiger partial charge in [0.25, 0.3) is 0 Å². The summed E-state index contributed by atoms with van der Waals surface area (Å²) in [6, 6.07) is 19.2. The van der Waals surface area contributed by atoms with Gasteiger partial charge in [-0.2, -0.15) is 0 Å². The average Bonchev–Trinajstić information content (AvgIpc) is 2.82. The molecule has 0 aliphatic heterocycles. The maximum absolute atomic E-state index is 11.9. The SMILES string of the molecule is CC(=O)c1ccc(Oc2ccc(C(C)(C)c3ccc(OC4CC(OC(=O)NC(C)(C)C)C4)cc3)cc2)nn1. The molecule has 200 valence electrons. The predicted molar refractivity (Wildman–Crippen MR) is 144 cm³/mol. The van der Waals surface area contributed by atoms with E-state index in [0.29, 0.717) is 30.2 Å². The first-order valence-electron chi connectivity index (χ1n) is 12.8. The number of carbonyl (C=O) groups excluding carboxylic acids is 2. The Morgan fingerprint density at radius 1 is 0.789 bits per heavy atom. The van der Waals surface area contributed by atoms with Gasteiger partial charge in [-0.05, 0) is 62.2 Å². The number of benzene rings is 2. The van der Waals surface area contributed by atoms with E-state index in [1.54, 1.807) is 12.1 Å². The number of carbonyl (C=O) groups is 2. The van der Waals surface area contributed by atoms with Gasteiger partial charge in [0.05, 0.1) is 0 Å². The van der Waals surface area contributed by atoms with E-state index >= 15 is 0 Å². The van der Waals surface area contributed by atoms with Crippen LogP contribution in [0.2, 0.25) is 0 Å². The van der Waals surface area contributed by atoms with Crippen molar-refractivity contribution in [2.75, 3.05) is 0 Å². The van der Waals surface area contributed by atoms with Crippen LogP contribution in [-0.4, -0.2) is 39.8 Å². The van der Waals surface area contributed by atoms with Crippen molar-refractivity contribution in [3.63, 3.8) is 0 Å². The quantitative estimate of drug-likeness (QED) is 0.354. The molecule has 8 nitrogen and oxygen atoms in total. The number of nitrogens with zero attached hydrogens (tertiary/aromatic N) is 2. The predicted octanol–water partition coefficient (Wildman–Crippen LogP) is 6.23. The van der Waals surface area contributed by atoms with E-state index in [4.69, 9.17) is 14.2 Å². The van der Waals surface area contributed by atoms with E-state index in [1.807, 2.05) is 57.2 Å². The minimum absolute atomic E-state index is 0.0391. The van der Waals surface area contributed by atoms with Crippen molar-refractivity contribution in [1.29, 1.82) is 0 Å². The van der Waals surface area contributed by atoms with E-state index in [9.17, 15) is 9.59 Å². The topological polar surface area (TPSA) is 99.6 Å². The lowest BCUT2D eigenvalue weighted by Gasteiger charge is -2.35. The zero-order chi connectivity index (χ0) is 27.5. The number of alkyl carbamates (subject to hydrolysis) is 1. The second-order valence-electron chi connectivity index (χ2n) is 11.2. The third kappa shape index (κ3) is 6.88. The molecule has 1 fully saturated rings. The van der Waals surface area contributed by atoms with Gasteiger partial charge >= 0.3 is 6.09 Å². The molecule has 2 aromatic carbocycles. The molecule has 1 N–H and O–H groups in total. The van der Waals surface area contributed by atoms with Gasteiger partial charge in [0.2, 0.25) is 5.88 Å². The lowest BCUT2D eigenvalue weighted by Crippen LogP contribution is -2.46. The lowest BCUT2D eigenvalue weighted by atomic mass is 9.78. The van der Waals surface area contributed by atoms with Crippen LogP contribution >= 0.6 is 0 Å². The Bertz CT molecular complexity index is 1260. The van der Waals surface area contributed by atoms with Crippen molar-refractivity contribution >= 4 is 11.9 Å². The summed E-state index contributed by atoms with van der Waals surface area (Å²) < 4.78 is 17.3. The number of hydrogen-bond acceptors (Lipinski definition) is 7. The van der Waals surface area contributed by atoms with Crippen molar-refractivity contribution in [3.8, 4) is 17.4 Å². The summed E-state index contributed by atoms with van der Waals surface area (Å²) in [4.78, 5) is 23.3. The molecule has 4 rings (SSSR count). The highest BCUT2D eigenvalue weighted by Crippen LogP contribution is 2.35. The summed E-state index contributed by atoms with van der Waals surface area (Å²) in [7, 11) is 0. The van der Waals surface area contributed by atoms with Crippen molar-refractivity contribution in [2.45, 2.75) is 77.5 Å². The Morgan fingerprint density at radius 3 is 1.87 bits per heavy atom. The van der Waals surface area contributed by atoms with Crippen molar-refractivity contribution in [1.82, 2.24) is 15.5 Å². The molecule has 0 saturated heterocycles. The highest BCUT2D eigenvalue weighted by Gasteiger charge is 2.34. The fourth-order valence-corrected chi connectivity index (χ4v) is 4.13. The van der Waals surface area contributed by atoms with Crippen LogP contribution in [0.4, 0.5) is 4.79 Å².